The van der Waals surface area contributed by atoms with Crippen LogP contribution >= 0.6 is 0 Å². The van der Waals surface area contributed by atoms with Gasteiger partial charge in [0.25, 0.3) is 5.91 Å². The molecule has 2 rings (SSSR count). The average Bonchev–Trinajstić information content (AvgIpc) is 2.62. The highest BCUT2D eigenvalue weighted by Gasteiger charge is 2.28. The first-order valence-corrected chi connectivity index (χ1v) is 10.2. The maximum Gasteiger partial charge on any atom is 0.253 e. The van der Waals surface area contributed by atoms with Crippen molar-refractivity contribution in [2.45, 2.75) is 37.5 Å². The van der Waals surface area contributed by atoms with E-state index in [9.17, 15) is 13.2 Å². The summed E-state index contributed by atoms with van der Waals surface area (Å²) in [6.07, 6.45) is 3.58. The normalized spacial score (nSPS) is 16.0. The Morgan fingerprint density at radius 1 is 1.24 bits per heavy atom. The second kappa shape index (κ2) is 8.78. The number of carbonyl (C=O) groups is 1. The minimum absolute atomic E-state index is 0.175. The zero-order chi connectivity index (χ0) is 18.4. The van der Waals surface area contributed by atoms with Crippen molar-refractivity contribution in [1.29, 1.82) is 0 Å². The second-order valence-electron chi connectivity index (χ2n) is 6.52. The van der Waals surface area contributed by atoms with E-state index < -0.39 is 10.0 Å². The van der Waals surface area contributed by atoms with Crippen molar-refractivity contribution >= 4 is 15.9 Å². The summed E-state index contributed by atoms with van der Waals surface area (Å²) in [6, 6.07) is 4.93. The van der Waals surface area contributed by atoms with Gasteiger partial charge in [0.05, 0.1) is 4.90 Å². The fourth-order valence-electron chi connectivity index (χ4n) is 3.02. The number of benzene rings is 1. The van der Waals surface area contributed by atoms with Crippen molar-refractivity contribution in [3.63, 3.8) is 0 Å². The molecule has 0 unspecified atom stereocenters. The molecule has 140 valence electrons. The van der Waals surface area contributed by atoms with Crippen molar-refractivity contribution in [2.75, 3.05) is 40.4 Å². The van der Waals surface area contributed by atoms with Crippen LogP contribution in [0.4, 0.5) is 0 Å². The SMILES string of the molecule is COCCCN(C)C(=O)c1ccc(C)c(S(=O)(=O)N2CCCCC2)c1. The molecular weight excluding hydrogens is 340 g/mol. The van der Waals surface area contributed by atoms with Crippen LogP contribution in [0.1, 0.15) is 41.6 Å². The first kappa shape index (κ1) is 19.9. The number of sulfonamides is 1. The topological polar surface area (TPSA) is 66.9 Å². The molecule has 0 bridgehead atoms. The van der Waals surface area contributed by atoms with Gasteiger partial charge in [0.2, 0.25) is 10.0 Å². The van der Waals surface area contributed by atoms with E-state index in [0.717, 1.165) is 25.7 Å². The lowest BCUT2D eigenvalue weighted by Crippen LogP contribution is -2.36. The zero-order valence-electron chi connectivity index (χ0n) is 15.3. The highest BCUT2D eigenvalue weighted by atomic mass is 32.2. The van der Waals surface area contributed by atoms with Crippen molar-refractivity contribution in [1.82, 2.24) is 9.21 Å². The van der Waals surface area contributed by atoms with Crippen LogP contribution < -0.4 is 0 Å². The van der Waals surface area contributed by atoms with Crippen molar-refractivity contribution < 1.29 is 17.9 Å². The summed E-state index contributed by atoms with van der Waals surface area (Å²) in [5.41, 5.74) is 1.07. The average molecular weight is 368 g/mol. The molecule has 0 N–H and O–H groups in total. The quantitative estimate of drug-likeness (QED) is 0.693. The van der Waals surface area contributed by atoms with Gasteiger partial charge in [-0.25, -0.2) is 8.42 Å². The number of carbonyl (C=O) groups excluding carboxylic acids is 1. The molecule has 1 amide bonds. The van der Waals surface area contributed by atoms with Gasteiger partial charge in [-0.1, -0.05) is 12.5 Å². The Labute approximate surface area is 150 Å². The van der Waals surface area contributed by atoms with E-state index in [2.05, 4.69) is 0 Å². The Hall–Kier alpha value is -1.44. The fourth-order valence-corrected chi connectivity index (χ4v) is 4.79. The fraction of sp³-hybridized carbons (Fsp3) is 0.611. The third-order valence-electron chi connectivity index (χ3n) is 4.56. The predicted octanol–water partition coefficient (Wildman–Crippen LogP) is 2.28. The summed E-state index contributed by atoms with van der Waals surface area (Å²) in [6.45, 7) is 4.02. The number of amides is 1. The minimum Gasteiger partial charge on any atom is -0.385 e. The molecule has 1 aromatic rings. The van der Waals surface area contributed by atoms with Crippen LogP contribution in [0.3, 0.4) is 0 Å². The highest BCUT2D eigenvalue weighted by molar-refractivity contribution is 7.89. The van der Waals surface area contributed by atoms with Gasteiger partial charge in [-0.15, -0.1) is 0 Å². The molecule has 25 heavy (non-hydrogen) atoms. The van der Waals surface area contributed by atoms with Crippen LogP contribution in [0.25, 0.3) is 0 Å². The predicted molar refractivity (Wildman–Crippen MR) is 97.2 cm³/mol. The monoisotopic (exact) mass is 368 g/mol. The standard InChI is InChI=1S/C18H28N2O4S/c1-15-8-9-16(18(21)19(2)10-7-13-24-3)14-17(15)25(22,23)20-11-5-4-6-12-20/h8-9,14H,4-7,10-13H2,1-3H3. The molecule has 1 aromatic carbocycles. The summed E-state index contributed by atoms with van der Waals surface area (Å²) in [5.74, 6) is -0.175. The molecule has 7 heteroatoms. The van der Waals surface area contributed by atoms with Gasteiger partial charge >= 0.3 is 0 Å². The number of methoxy groups -OCH3 is 1. The van der Waals surface area contributed by atoms with E-state index in [4.69, 9.17) is 4.74 Å². The Morgan fingerprint density at radius 3 is 2.56 bits per heavy atom. The first-order chi connectivity index (χ1) is 11.9. The number of hydrogen-bond acceptors (Lipinski definition) is 4. The molecule has 0 radical (unpaired) electrons. The molecule has 1 aliphatic heterocycles. The van der Waals surface area contributed by atoms with E-state index in [1.807, 2.05) is 0 Å². The second-order valence-corrected chi connectivity index (χ2v) is 8.42. The van der Waals surface area contributed by atoms with E-state index >= 15 is 0 Å². The lowest BCUT2D eigenvalue weighted by atomic mass is 10.1. The number of nitrogens with zero attached hydrogens (tertiary/aromatic N) is 2. The molecule has 0 atom stereocenters. The van der Waals surface area contributed by atoms with Crippen LogP contribution in [-0.2, 0) is 14.8 Å². The van der Waals surface area contributed by atoms with Gasteiger partial charge in [-0.05, 0) is 43.9 Å². The van der Waals surface area contributed by atoms with Crippen LogP contribution in [0.15, 0.2) is 23.1 Å². The van der Waals surface area contributed by atoms with E-state index in [0.29, 0.717) is 37.4 Å². The number of rotatable bonds is 7. The molecule has 6 nitrogen and oxygen atoms in total. The lowest BCUT2D eigenvalue weighted by molar-refractivity contribution is 0.0779. The van der Waals surface area contributed by atoms with Gasteiger partial charge in [0.15, 0.2) is 0 Å². The smallest absolute Gasteiger partial charge is 0.253 e. The highest BCUT2D eigenvalue weighted by Crippen LogP contribution is 2.24. The van der Waals surface area contributed by atoms with Gasteiger partial charge in [-0.2, -0.15) is 4.31 Å². The Morgan fingerprint density at radius 2 is 1.92 bits per heavy atom. The van der Waals surface area contributed by atoms with Crippen LogP contribution in [0, 0.1) is 6.92 Å². The lowest BCUT2D eigenvalue weighted by Gasteiger charge is -2.27. The van der Waals surface area contributed by atoms with E-state index in [-0.39, 0.29) is 10.8 Å². The van der Waals surface area contributed by atoms with Gasteiger partial charge in [0.1, 0.15) is 0 Å². The largest absolute Gasteiger partial charge is 0.385 e. The molecule has 1 fully saturated rings. The number of piperidine rings is 1. The zero-order valence-corrected chi connectivity index (χ0v) is 16.1. The van der Waals surface area contributed by atoms with Gasteiger partial charge in [-0.3, -0.25) is 4.79 Å². The summed E-state index contributed by atoms with van der Waals surface area (Å²) < 4.78 is 32.4. The summed E-state index contributed by atoms with van der Waals surface area (Å²) >= 11 is 0. The number of aryl methyl sites for hydroxylation is 1. The number of ether oxygens (including phenoxy) is 1. The summed E-state index contributed by atoms with van der Waals surface area (Å²) in [5, 5.41) is 0. The van der Waals surface area contributed by atoms with Gasteiger partial charge in [0, 0.05) is 46.0 Å². The molecular formula is C18H28N2O4S. The van der Waals surface area contributed by atoms with Crippen LogP contribution in [0.2, 0.25) is 0 Å². The van der Waals surface area contributed by atoms with E-state index in [1.54, 1.807) is 38.1 Å². The maximum absolute atomic E-state index is 12.9. The first-order valence-electron chi connectivity index (χ1n) is 8.73. The maximum atomic E-state index is 12.9. The molecule has 1 heterocycles. The minimum atomic E-state index is -3.55. The Balaban J connectivity index is 2.23. The molecule has 0 spiro atoms. The van der Waals surface area contributed by atoms with Crippen molar-refractivity contribution in [3.05, 3.63) is 29.3 Å². The number of hydrogen-bond donors (Lipinski definition) is 0. The van der Waals surface area contributed by atoms with Crippen molar-refractivity contribution in [3.8, 4) is 0 Å². The Kier molecular flexibility index (Phi) is 6.98. The third-order valence-corrected chi connectivity index (χ3v) is 6.60. The Bertz CT molecular complexity index is 697. The molecule has 1 saturated heterocycles. The third kappa shape index (κ3) is 4.80. The van der Waals surface area contributed by atoms with Crippen LogP contribution in [0.5, 0.6) is 0 Å². The van der Waals surface area contributed by atoms with Crippen molar-refractivity contribution in [2.24, 2.45) is 0 Å². The van der Waals surface area contributed by atoms with Gasteiger partial charge < -0.3 is 9.64 Å². The van der Waals surface area contributed by atoms with E-state index in [1.165, 1.54) is 10.4 Å². The van der Waals surface area contributed by atoms with Crippen LogP contribution in [-0.4, -0.2) is 63.9 Å². The molecule has 0 aromatic heterocycles. The molecule has 0 aliphatic carbocycles. The molecule has 1 aliphatic rings. The summed E-state index contributed by atoms with van der Waals surface area (Å²) in [4.78, 5) is 14.4. The molecule has 0 saturated carbocycles. The summed E-state index contributed by atoms with van der Waals surface area (Å²) in [7, 11) is -0.209.